The zero-order chi connectivity index (χ0) is 8.55. The van der Waals surface area contributed by atoms with E-state index in [0.29, 0.717) is 6.04 Å². The van der Waals surface area contributed by atoms with Gasteiger partial charge in [-0.3, -0.25) is 0 Å². The fourth-order valence-corrected chi connectivity index (χ4v) is 1.43. The molecule has 2 nitrogen and oxygen atoms in total. The van der Waals surface area contributed by atoms with Crippen molar-refractivity contribution in [2.24, 2.45) is 0 Å². The average Bonchev–Trinajstić information content (AvgIpc) is 2.12. The lowest BCUT2D eigenvalue weighted by Gasteiger charge is -2.33. The van der Waals surface area contributed by atoms with E-state index in [4.69, 9.17) is 4.74 Å². The first-order valence-electron chi connectivity index (χ1n) is 4.23. The number of fused-ring (bicyclic) bond motifs is 1. The van der Waals surface area contributed by atoms with E-state index in [2.05, 4.69) is 24.9 Å². The molecule has 0 fully saturated rings. The van der Waals surface area contributed by atoms with Crippen molar-refractivity contribution >= 4 is 5.69 Å². The van der Waals surface area contributed by atoms with E-state index in [1.807, 2.05) is 18.2 Å². The molecule has 0 aliphatic carbocycles. The number of likely N-dealkylation sites (N-methyl/N-ethyl adjacent to an activating group) is 1. The molecule has 0 saturated heterocycles. The predicted molar refractivity (Wildman–Crippen MR) is 49.8 cm³/mol. The Bertz CT molecular complexity index is 285. The normalized spacial score (nSPS) is 21.5. The number of anilines is 1. The molecule has 1 aromatic rings. The summed E-state index contributed by atoms with van der Waals surface area (Å²) in [6.07, 6.45) is 0. The van der Waals surface area contributed by atoms with Gasteiger partial charge in [-0.2, -0.15) is 0 Å². The Kier molecular flexibility index (Phi) is 1.68. The molecule has 2 heteroatoms. The van der Waals surface area contributed by atoms with Gasteiger partial charge in [-0.25, -0.2) is 0 Å². The molecule has 0 unspecified atom stereocenters. The Morgan fingerprint density at radius 1 is 1.42 bits per heavy atom. The molecule has 0 spiro atoms. The molecule has 1 aliphatic rings. The first-order valence-corrected chi connectivity index (χ1v) is 4.23. The topological polar surface area (TPSA) is 12.5 Å². The Balaban J connectivity index is 2.42. The summed E-state index contributed by atoms with van der Waals surface area (Å²) >= 11 is 0. The number of ether oxygens (including phenoxy) is 1. The second-order valence-electron chi connectivity index (χ2n) is 3.24. The van der Waals surface area contributed by atoms with Crippen LogP contribution in [0.4, 0.5) is 5.69 Å². The molecule has 0 bridgehead atoms. The SMILES string of the molecule is C[C@@H]1COc2ccccc2N1C. The second kappa shape index (κ2) is 2.70. The Hall–Kier alpha value is -1.18. The molecule has 0 aromatic heterocycles. The standard InChI is InChI=1S/C10H13NO/c1-8-7-12-10-6-4-3-5-9(10)11(8)2/h3-6,8H,7H2,1-2H3/t8-/m1/s1. The summed E-state index contributed by atoms with van der Waals surface area (Å²) in [6, 6.07) is 8.61. The molecule has 0 N–H and O–H groups in total. The van der Waals surface area contributed by atoms with Gasteiger partial charge in [-0.15, -0.1) is 0 Å². The number of hydrogen-bond donors (Lipinski definition) is 0. The minimum Gasteiger partial charge on any atom is -0.489 e. The molecule has 0 amide bonds. The highest BCUT2D eigenvalue weighted by Gasteiger charge is 2.19. The van der Waals surface area contributed by atoms with Crippen molar-refractivity contribution in [3.05, 3.63) is 24.3 Å². The molecule has 12 heavy (non-hydrogen) atoms. The van der Waals surface area contributed by atoms with E-state index >= 15 is 0 Å². The third kappa shape index (κ3) is 1.04. The van der Waals surface area contributed by atoms with Crippen LogP contribution in [0.3, 0.4) is 0 Å². The molecular weight excluding hydrogens is 150 g/mol. The van der Waals surface area contributed by atoms with Crippen LogP contribution in [0, 0.1) is 0 Å². The van der Waals surface area contributed by atoms with Gasteiger partial charge in [-0.05, 0) is 19.1 Å². The van der Waals surface area contributed by atoms with E-state index in [1.54, 1.807) is 0 Å². The number of benzene rings is 1. The Labute approximate surface area is 72.8 Å². The monoisotopic (exact) mass is 163 g/mol. The van der Waals surface area contributed by atoms with Crippen LogP contribution in [0.5, 0.6) is 5.75 Å². The Morgan fingerprint density at radius 3 is 3.00 bits per heavy atom. The summed E-state index contributed by atoms with van der Waals surface area (Å²) in [6.45, 7) is 2.95. The van der Waals surface area contributed by atoms with Gasteiger partial charge in [0.15, 0.2) is 0 Å². The first kappa shape index (κ1) is 7.47. The van der Waals surface area contributed by atoms with Crippen LogP contribution < -0.4 is 9.64 Å². The third-order valence-electron chi connectivity index (χ3n) is 2.39. The molecule has 1 atom stereocenters. The van der Waals surface area contributed by atoms with Gasteiger partial charge in [0.25, 0.3) is 0 Å². The lowest BCUT2D eigenvalue weighted by Crippen LogP contribution is -2.37. The molecule has 64 valence electrons. The molecule has 1 aliphatic heterocycles. The highest BCUT2D eigenvalue weighted by molar-refractivity contribution is 5.59. The lowest BCUT2D eigenvalue weighted by molar-refractivity contribution is 0.275. The smallest absolute Gasteiger partial charge is 0.142 e. The van der Waals surface area contributed by atoms with Crippen molar-refractivity contribution < 1.29 is 4.74 Å². The van der Waals surface area contributed by atoms with E-state index in [-0.39, 0.29) is 0 Å². The van der Waals surface area contributed by atoms with E-state index < -0.39 is 0 Å². The number of hydrogen-bond acceptors (Lipinski definition) is 2. The van der Waals surface area contributed by atoms with Crippen molar-refractivity contribution in [1.82, 2.24) is 0 Å². The zero-order valence-corrected chi connectivity index (χ0v) is 7.45. The quantitative estimate of drug-likeness (QED) is 0.579. The van der Waals surface area contributed by atoms with Crippen LogP contribution in [0.25, 0.3) is 0 Å². The van der Waals surface area contributed by atoms with Crippen molar-refractivity contribution in [2.45, 2.75) is 13.0 Å². The van der Waals surface area contributed by atoms with E-state index in [0.717, 1.165) is 12.4 Å². The van der Waals surface area contributed by atoms with Crippen molar-refractivity contribution in [3.8, 4) is 5.75 Å². The van der Waals surface area contributed by atoms with Crippen LogP contribution in [0.1, 0.15) is 6.92 Å². The van der Waals surface area contributed by atoms with Crippen LogP contribution in [0.2, 0.25) is 0 Å². The first-order chi connectivity index (χ1) is 5.79. The maximum atomic E-state index is 5.56. The number of nitrogens with zero attached hydrogens (tertiary/aromatic N) is 1. The van der Waals surface area contributed by atoms with Crippen LogP contribution in [0.15, 0.2) is 24.3 Å². The van der Waals surface area contributed by atoms with Crippen LogP contribution in [-0.2, 0) is 0 Å². The molecule has 1 aromatic carbocycles. The summed E-state index contributed by atoms with van der Waals surface area (Å²) in [7, 11) is 2.10. The molecule has 2 rings (SSSR count). The molecular formula is C10H13NO. The molecule has 0 saturated carbocycles. The largest absolute Gasteiger partial charge is 0.489 e. The second-order valence-corrected chi connectivity index (χ2v) is 3.24. The summed E-state index contributed by atoms with van der Waals surface area (Å²) in [4.78, 5) is 2.25. The van der Waals surface area contributed by atoms with Gasteiger partial charge in [-0.1, -0.05) is 12.1 Å². The number of para-hydroxylation sites is 2. The van der Waals surface area contributed by atoms with Gasteiger partial charge in [0.05, 0.1) is 11.7 Å². The van der Waals surface area contributed by atoms with Crippen molar-refractivity contribution in [1.29, 1.82) is 0 Å². The van der Waals surface area contributed by atoms with Gasteiger partial charge in [0.2, 0.25) is 0 Å². The fourth-order valence-electron chi connectivity index (χ4n) is 1.43. The van der Waals surface area contributed by atoms with Gasteiger partial charge in [0.1, 0.15) is 12.4 Å². The van der Waals surface area contributed by atoms with E-state index in [9.17, 15) is 0 Å². The summed E-state index contributed by atoms with van der Waals surface area (Å²) in [5.74, 6) is 0.998. The highest BCUT2D eigenvalue weighted by Crippen LogP contribution is 2.31. The fraction of sp³-hybridized carbons (Fsp3) is 0.400. The van der Waals surface area contributed by atoms with Crippen molar-refractivity contribution in [2.75, 3.05) is 18.6 Å². The minimum absolute atomic E-state index is 0.472. The van der Waals surface area contributed by atoms with Gasteiger partial charge >= 0.3 is 0 Å². The molecule has 0 radical (unpaired) electrons. The molecule has 1 heterocycles. The lowest BCUT2D eigenvalue weighted by atomic mass is 10.2. The zero-order valence-electron chi connectivity index (χ0n) is 7.45. The summed E-state index contributed by atoms with van der Waals surface area (Å²) in [5.41, 5.74) is 1.19. The van der Waals surface area contributed by atoms with E-state index in [1.165, 1.54) is 5.69 Å². The number of rotatable bonds is 0. The van der Waals surface area contributed by atoms with Crippen molar-refractivity contribution in [3.63, 3.8) is 0 Å². The Morgan fingerprint density at radius 2 is 2.17 bits per heavy atom. The third-order valence-corrected chi connectivity index (χ3v) is 2.39. The minimum atomic E-state index is 0.472. The predicted octanol–water partition coefficient (Wildman–Crippen LogP) is 1.90. The summed E-state index contributed by atoms with van der Waals surface area (Å²) < 4.78 is 5.56. The van der Waals surface area contributed by atoms with Crippen LogP contribution in [-0.4, -0.2) is 19.7 Å². The van der Waals surface area contributed by atoms with Gasteiger partial charge < -0.3 is 9.64 Å². The average molecular weight is 163 g/mol. The summed E-state index contributed by atoms with van der Waals surface area (Å²) in [5, 5.41) is 0. The maximum Gasteiger partial charge on any atom is 0.142 e. The maximum absolute atomic E-state index is 5.56. The van der Waals surface area contributed by atoms with Crippen LogP contribution >= 0.6 is 0 Å². The highest BCUT2D eigenvalue weighted by atomic mass is 16.5. The van der Waals surface area contributed by atoms with Gasteiger partial charge in [0, 0.05) is 7.05 Å².